The number of para-hydroxylation sites is 1. The van der Waals surface area contributed by atoms with Gasteiger partial charge >= 0.3 is 0 Å². The predicted octanol–water partition coefficient (Wildman–Crippen LogP) is 4.60. The van der Waals surface area contributed by atoms with E-state index in [1.54, 1.807) is 0 Å². The summed E-state index contributed by atoms with van der Waals surface area (Å²) in [5.74, 6) is 0.246. The maximum Gasteiger partial charge on any atom is 0.244 e. The first-order valence-electron chi connectivity index (χ1n) is 15.1. The Kier molecular flexibility index (Phi) is 8.63. The van der Waals surface area contributed by atoms with Crippen LogP contribution >= 0.6 is 0 Å². The monoisotopic (exact) mass is 565 g/mol. The van der Waals surface area contributed by atoms with E-state index in [0.717, 1.165) is 81.8 Å². The molecule has 1 aliphatic heterocycles. The van der Waals surface area contributed by atoms with Gasteiger partial charge in [-0.05, 0) is 53.5 Å². The number of carbonyl (C=O) groups excluding carboxylic acids is 2. The molecule has 4 aromatic rings. The first-order chi connectivity index (χ1) is 20.5. The highest BCUT2D eigenvalue weighted by Gasteiger charge is 2.34. The largest absolute Gasteiger partial charge is 0.379 e. The van der Waals surface area contributed by atoms with Gasteiger partial charge in [0.2, 0.25) is 11.8 Å². The number of morpholine rings is 1. The summed E-state index contributed by atoms with van der Waals surface area (Å²) >= 11 is 0. The van der Waals surface area contributed by atoms with Gasteiger partial charge in [-0.2, -0.15) is 0 Å². The van der Waals surface area contributed by atoms with Crippen molar-refractivity contribution in [2.45, 2.75) is 50.6 Å². The molecular formula is C34H39N5O3. The normalized spacial score (nSPS) is 20.3. The van der Waals surface area contributed by atoms with Crippen LogP contribution in [-0.2, 0) is 27.3 Å². The molecule has 3 aromatic carbocycles. The molecule has 3 atom stereocenters. The van der Waals surface area contributed by atoms with Gasteiger partial charge in [0.25, 0.3) is 0 Å². The number of hydrogen-bond donors (Lipinski definition) is 3. The lowest BCUT2D eigenvalue weighted by Crippen LogP contribution is -2.42. The van der Waals surface area contributed by atoms with E-state index in [0.29, 0.717) is 5.56 Å². The number of nitrogens with zero attached hydrogens (tertiary/aromatic N) is 2. The molecule has 2 fully saturated rings. The summed E-state index contributed by atoms with van der Waals surface area (Å²) in [4.78, 5) is 36.6. The van der Waals surface area contributed by atoms with E-state index in [9.17, 15) is 9.59 Å². The van der Waals surface area contributed by atoms with Gasteiger partial charge in [-0.3, -0.25) is 14.5 Å². The summed E-state index contributed by atoms with van der Waals surface area (Å²) in [6.07, 6.45) is 4.61. The zero-order valence-electron chi connectivity index (χ0n) is 23.9. The van der Waals surface area contributed by atoms with Crippen molar-refractivity contribution in [3.63, 3.8) is 0 Å². The standard InChI is InChI=1S/C34H39N5O3/c35-33(40)32(25-7-2-1-3-8-25)38-34(41)28-11-5-4-10-27(28)24-15-13-23(14-16-24)21-26-9-6-12-29-31(26)37-30(36-29)22-39-17-19-42-20-18-39/h1-3,6-9,12-16,27-28,32H,4-5,10-11,17-22H2,(H2,35,40)(H,36,37)(H,38,41). The molecule has 218 valence electrons. The summed E-state index contributed by atoms with van der Waals surface area (Å²) in [5, 5.41) is 2.96. The molecule has 1 saturated carbocycles. The van der Waals surface area contributed by atoms with Crippen molar-refractivity contribution in [2.24, 2.45) is 11.7 Å². The van der Waals surface area contributed by atoms with Crippen molar-refractivity contribution in [2.75, 3.05) is 26.3 Å². The lowest BCUT2D eigenvalue weighted by atomic mass is 9.74. The number of H-pyrrole nitrogens is 1. The number of primary amides is 1. The average molecular weight is 566 g/mol. The molecule has 0 radical (unpaired) electrons. The van der Waals surface area contributed by atoms with Gasteiger partial charge in [0.15, 0.2) is 0 Å². The summed E-state index contributed by atoms with van der Waals surface area (Å²) < 4.78 is 5.48. The van der Waals surface area contributed by atoms with Crippen molar-refractivity contribution >= 4 is 22.8 Å². The maximum atomic E-state index is 13.5. The zero-order valence-corrected chi connectivity index (χ0v) is 23.9. The van der Waals surface area contributed by atoms with Gasteiger partial charge in [-0.15, -0.1) is 0 Å². The van der Waals surface area contributed by atoms with Crippen LogP contribution in [0.15, 0.2) is 72.8 Å². The first-order valence-corrected chi connectivity index (χ1v) is 15.1. The van der Waals surface area contributed by atoms with Gasteiger partial charge < -0.3 is 20.8 Å². The third kappa shape index (κ3) is 6.40. The van der Waals surface area contributed by atoms with E-state index in [-0.39, 0.29) is 17.7 Å². The third-order valence-corrected chi connectivity index (χ3v) is 8.73. The van der Waals surface area contributed by atoms with Crippen LogP contribution in [0, 0.1) is 5.92 Å². The molecule has 6 rings (SSSR count). The van der Waals surface area contributed by atoms with Gasteiger partial charge in [-0.25, -0.2) is 4.98 Å². The molecule has 3 unspecified atom stereocenters. The number of ether oxygens (including phenoxy) is 1. The average Bonchev–Trinajstić information content (AvgIpc) is 3.44. The second-order valence-electron chi connectivity index (χ2n) is 11.6. The Balaban J connectivity index is 1.15. The van der Waals surface area contributed by atoms with Crippen LogP contribution in [0.3, 0.4) is 0 Å². The number of aromatic amines is 1. The number of fused-ring (bicyclic) bond motifs is 1. The van der Waals surface area contributed by atoms with Gasteiger partial charge in [-0.1, -0.05) is 79.6 Å². The molecule has 42 heavy (non-hydrogen) atoms. The smallest absolute Gasteiger partial charge is 0.244 e. The van der Waals surface area contributed by atoms with E-state index in [4.69, 9.17) is 15.5 Å². The number of nitrogens with one attached hydrogen (secondary N) is 2. The number of hydrogen-bond acceptors (Lipinski definition) is 5. The third-order valence-electron chi connectivity index (χ3n) is 8.73. The van der Waals surface area contributed by atoms with Crippen molar-refractivity contribution in [3.8, 4) is 0 Å². The summed E-state index contributed by atoms with van der Waals surface area (Å²) in [6.45, 7) is 4.20. The topological polar surface area (TPSA) is 113 Å². The van der Waals surface area contributed by atoms with Crippen LogP contribution in [0.25, 0.3) is 11.0 Å². The number of imidazole rings is 1. The van der Waals surface area contributed by atoms with E-state index >= 15 is 0 Å². The second-order valence-corrected chi connectivity index (χ2v) is 11.6. The zero-order chi connectivity index (χ0) is 28.9. The summed E-state index contributed by atoms with van der Waals surface area (Å²) in [7, 11) is 0. The Labute approximate surface area is 246 Å². The van der Waals surface area contributed by atoms with Crippen molar-refractivity contribution in [1.29, 1.82) is 0 Å². The van der Waals surface area contributed by atoms with E-state index in [1.165, 1.54) is 16.7 Å². The van der Waals surface area contributed by atoms with Crippen LogP contribution in [0.5, 0.6) is 0 Å². The molecular weight excluding hydrogens is 526 g/mol. The van der Waals surface area contributed by atoms with Crippen molar-refractivity contribution < 1.29 is 14.3 Å². The number of aromatic nitrogens is 2. The summed E-state index contributed by atoms with van der Waals surface area (Å²) in [5.41, 5.74) is 12.0. The highest BCUT2D eigenvalue weighted by Crippen LogP contribution is 2.38. The molecule has 1 saturated heterocycles. The molecule has 2 heterocycles. The molecule has 1 aliphatic carbocycles. The Morgan fingerprint density at radius 1 is 0.976 bits per heavy atom. The highest BCUT2D eigenvalue weighted by molar-refractivity contribution is 5.89. The lowest BCUT2D eigenvalue weighted by molar-refractivity contribution is -0.131. The highest BCUT2D eigenvalue weighted by atomic mass is 16.5. The number of amides is 2. The van der Waals surface area contributed by atoms with E-state index < -0.39 is 11.9 Å². The molecule has 0 spiro atoms. The lowest BCUT2D eigenvalue weighted by Gasteiger charge is -2.32. The van der Waals surface area contributed by atoms with Crippen molar-refractivity contribution in [3.05, 3.63) is 101 Å². The molecule has 0 bridgehead atoms. The fourth-order valence-electron chi connectivity index (χ4n) is 6.49. The molecule has 1 aromatic heterocycles. The van der Waals surface area contributed by atoms with E-state index in [1.807, 2.05) is 30.3 Å². The molecule has 2 aliphatic rings. The van der Waals surface area contributed by atoms with Gasteiger partial charge in [0.1, 0.15) is 11.9 Å². The Morgan fingerprint density at radius 3 is 2.50 bits per heavy atom. The fourth-order valence-corrected chi connectivity index (χ4v) is 6.49. The van der Waals surface area contributed by atoms with Gasteiger partial charge in [0.05, 0.1) is 30.8 Å². The summed E-state index contributed by atoms with van der Waals surface area (Å²) in [6, 6.07) is 23.4. The maximum absolute atomic E-state index is 13.5. The van der Waals surface area contributed by atoms with Crippen LogP contribution in [-0.4, -0.2) is 53.0 Å². The first kappa shape index (κ1) is 28.1. The molecule has 2 amide bonds. The quantitative estimate of drug-likeness (QED) is 0.275. The van der Waals surface area contributed by atoms with Gasteiger partial charge in [0, 0.05) is 19.0 Å². The molecule has 8 heteroatoms. The van der Waals surface area contributed by atoms with Crippen LogP contribution < -0.4 is 11.1 Å². The molecule has 4 N–H and O–H groups in total. The minimum Gasteiger partial charge on any atom is -0.379 e. The van der Waals surface area contributed by atoms with E-state index in [2.05, 4.69) is 57.7 Å². The second kappa shape index (κ2) is 12.9. The fraction of sp³-hybridized carbons (Fsp3) is 0.382. The number of carbonyl (C=O) groups is 2. The minimum absolute atomic E-state index is 0.102. The Morgan fingerprint density at radius 2 is 1.74 bits per heavy atom. The number of rotatable bonds is 9. The Hall–Kier alpha value is -4.01. The predicted molar refractivity (Wildman–Crippen MR) is 163 cm³/mol. The van der Waals surface area contributed by atoms with Crippen molar-refractivity contribution in [1.82, 2.24) is 20.2 Å². The Bertz CT molecular complexity index is 1510. The number of nitrogens with two attached hydrogens (primary N) is 1. The van der Waals surface area contributed by atoms with Crippen LogP contribution in [0.2, 0.25) is 0 Å². The number of benzene rings is 3. The minimum atomic E-state index is -0.831. The van der Waals surface area contributed by atoms with Crippen LogP contribution in [0.4, 0.5) is 0 Å². The molecule has 8 nitrogen and oxygen atoms in total. The van der Waals surface area contributed by atoms with Crippen LogP contribution in [0.1, 0.15) is 65.7 Å². The SMILES string of the molecule is NC(=O)C(NC(=O)C1CCCCC1c1ccc(Cc2cccc3[nH]c(CN4CCOCC4)nc23)cc1)c1ccccc1.